The minimum absolute atomic E-state index is 0.155. The van der Waals surface area contributed by atoms with Crippen LogP contribution in [0.4, 0.5) is 8.78 Å². The molecular formula is C8H8F2O. The number of rotatable bonds is 0. The van der Waals surface area contributed by atoms with Gasteiger partial charge in [0.2, 0.25) is 0 Å². The molecule has 0 fully saturated rings. The van der Waals surface area contributed by atoms with Crippen LogP contribution in [-0.2, 0) is 0 Å². The highest BCUT2D eigenvalue weighted by atomic mass is 19.2. The van der Waals surface area contributed by atoms with E-state index in [0.29, 0.717) is 5.56 Å². The van der Waals surface area contributed by atoms with Crippen LogP contribution in [0, 0.1) is 25.5 Å². The predicted molar refractivity (Wildman–Crippen MR) is 37.5 cm³/mol. The van der Waals surface area contributed by atoms with Gasteiger partial charge in [-0.3, -0.25) is 0 Å². The highest BCUT2D eigenvalue weighted by Crippen LogP contribution is 2.24. The summed E-state index contributed by atoms with van der Waals surface area (Å²) in [7, 11) is 0. The van der Waals surface area contributed by atoms with E-state index >= 15 is 0 Å². The van der Waals surface area contributed by atoms with Gasteiger partial charge in [-0.2, -0.15) is 0 Å². The molecule has 60 valence electrons. The Bertz CT molecular complexity index is 268. The minimum atomic E-state index is -1.01. The van der Waals surface area contributed by atoms with Gasteiger partial charge in [0, 0.05) is 6.07 Å². The first-order valence-electron chi connectivity index (χ1n) is 3.18. The lowest BCUT2D eigenvalue weighted by Gasteiger charge is -2.04. The zero-order chi connectivity index (χ0) is 8.59. The third-order valence-electron chi connectivity index (χ3n) is 1.75. The van der Waals surface area contributed by atoms with Gasteiger partial charge in [0.25, 0.3) is 0 Å². The lowest BCUT2D eigenvalue weighted by atomic mass is 10.1. The number of phenolic OH excluding ortho intramolecular Hbond substituents is 1. The molecule has 0 aromatic heterocycles. The van der Waals surface area contributed by atoms with Crippen molar-refractivity contribution >= 4 is 0 Å². The van der Waals surface area contributed by atoms with Crippen molar-refractivity contribution in [3.05, 3.63) is 28.8 Å². The molecule has 0 unspecified atom stereocenters. The fourth-order valence-corrected chi connectivity index (χ4v) is 0.827. The van der Waals surface area contributed by atoms with E-state index in [1.807, 2.05) is 0 Å². The van der Waals surface area contributed by atoms with Gasteiger partial charge in [0.15, 0.2) is 11.6 Å². The van der Waals surface area contributed by atoms with E-state index in [4.69, 9.17) is 5.11 Å². The Morgan fingerprint density at radius 3 is 2.27 bits per heavy atom. The molecule has 1 aromatic rings. The Morgan fingerprint density at radius 1 is 1.18 bits per heavy atom. The topological polar surface area (TPSA) is 20.2 Å². The van der Waals surface area contributed by atoms with Gasteiger partial charge in [-0.1, -0.05) is 0 Å². The van der Waals surface area contributed by atoms with Crippen molar-refractivity contribution in [1.82, 2.24) is 0 Å². The standard InChI is InChI=1S/C8H8F2O/c1-4-5(2)8(10)6(9)3-7(4)11/h3,11H,1-2H3. The van der Waals surface area contributed by atoms with Crippen LogP contribution in [0.1, 0.15) is 11.1 Å². The second-order valence-electron chi connectivity index (χ2n) is 2.44. The third kappa shape index (κ3) is 1.18. The van der Waals surface area contributed by atoms with Gasteiger partial charge in [0.05, 0.1) is 0 Å². The molecule has 0 aliphatic carbocycles. The molecule has 1 N–H and O–H groups in total. The SMILES string of the molecule is Cc1c(O)cc(F)c(F)c1C. The molecule has 1 rings (SSSR count). The maximum atomic E-state index is 12.7. The number of aromatic hydroxyl groups is 1. The van der Waals surface area contributed by atoms with Gasteiger partial charge < -0.3 is 5.11 Å². The molecule has 1 nitrogen and oxygen atoms in total. The highest BCUT2D eigenvalue weighted by molar-refractivity contribution is 5.38. The number of halogens is 2. The van der Waals surface area contributed by atoms with Crippen LogP contribution in [0.25, 0.3) is 0 Å². The molecule has 0 saturated heterocycles. The first kappa shape index (κ1) is 7.98. The number of hydrogen-bond acceptors (Lipinski definition) is 1. The zero-order valence-electron chi connectivity index (χ0n) is 6.28. The number of phenols is 1. The molecular weight excluding hydrogens is 150 g/mol. The number of benzene rings is 1. The molecule has 0 saturated carbocycles. The van der Waals surface area contributed by atoms with Crippen molar-refractivity contribution in [3.8, 4) is 5.75 Å². The van der Waals surface area contributed by atoms with E-state index in [1.54, 1.807) is 0 Å². The molecule has 0 heterocycles. The third-order valence-corrected chi connectivity index (χ3v) is 1.75. The molecule has 0 spiro atoms. The maximum Gasteiger partial charge on any atom is 0.162 e. The van der Waals surface area contributed by atoms with Crippen LogP contribution in [0.3, 0.4) is 0 Å². The normalized spacial score (nSPS) is 10.2. The van der Waals surface area contributed by atoms with Gasteiger partial charge in [-0.25, -0.2) is 8.78 Å². The largest absolute Gasteiger partial charge is 0.508 e. The Morgan fingerprint density at radius 2 is 1.73 bits per heavy atom. The van der Waals surface area contributed by atoms with Crippen LogP contribution in [0.2, 0.25) is 0 Å². The summed E-state index contributed by atoms with van der Waals surface area (Å²) in [5.41, 5.74) is 0.534. The fraction of sp³-hybridized carbons (Fsp3) is 0.250. The second-order valence-corrected chi connectivity index (χ2v) is 2.44. The lowest BCUT2D eigenvalue weighted by molar-refractivity contribution is 0.447. The van der Waals surface area contributed by atoms with Crippen molar-refractivity contribution in [1.29, 1.82) is 0 Å². The molecule has 0 aliphatic heterocycles. The lowest BCUT2D eigenvalue weighted by Crippen LogP contribution is -1.92. The average Bonchev–Trinajstić information content (AvgIpc) is 1.97. The molecule has 0 radical (unpaired) electrons. The van der Waals surface area contributed by atoms with Crippen LogP contribution in [-0.4, -0.2) is 5.11 Å². The van der Waals surface area contributed by atoms with Gasteiger partial charge in [-0.15, -0.1) is 0 Å². The monoisotopic (exact) mass is 158 g/mol. The molecule has 0 aliphatic rings. The summed E-state index contributed by atoms with van der Waals surface area (Å²) in [4.78, 5) is 0. The molecule has 0 bridgehead atoms. The molecule has 0 amide bonds. The van der Waals surface area contributed by atoms with E-state index in [2.05, 4.69) is 0 Å². The second kappa shape index (κ2) is 2.49. The summed E-state index contributed by atoms with van der Waals surface area (Å²) < 4.78 is 25.2. The summed E-state index contributed by atoms with van der Waals surface area (Å²) in [6.45, 7) is 2.96. The maximum absolute atomic E-state index is 12.7. The van der Waals surface area contributed by atoms with E-state index in [0.717, 1.165) is 6.07 Å². The quantitative estimate of drug-likeness (QED) is 0.614. The summed E-state index contributed by atoms with van der Waals surface area (Å²) in [6.07, 6.45) is 0. The molecule has 3 heteroatoms. The van der Waals surface area contributed by atoms with Crippen LogP contribution in [0.15, 0.2) is 6.07 Å². The van der Waals surface area contributed by atoms with E-state index in [9.17, 15) is 8.78 Å². The summed E-state index contributed by atoms with van der Waals surface area (Å²) in [6, 6.07) is 0.775. The van der Waals surface area contributed by atoms with Crippen LogP contribution in [0.5, 0.6) is 5.75 Å². The van der Waals surface area contributed by atoms with Crippen molar-refractivity contribution in [3.63, 3.8) is 0 Å². The Balaban J connectivity index is 3.46. The minimum Gasteiger partial charge on any atom is -0.508 e. The van der Waals surface area contributed by atoms with Gasteiger partial charge in [0.1, 0.15) is 5.75 Å². The Labute approximate surface area is 63.3 Å². The van der Waals surface area contributed by atoms with Crippen molar-refractivity contribution in [2.24, 2.45) is 0 Å². The van der Waals surface area contributed by atoms with E-state index < -0.39 is 11.6 Å². The zero-order valence-corrected chi connectivity index (χ0v) is 6.28. The first-order valence-corrected chi connectivity index (χ1v) is 3.18. The van der Waals surface area contributed by atoms with E-state index in [-0.39, 0.29) is 11.3 Å². The fourth-order valence-electron chi connectivity index (χ4n) is 0.827. The van der Waals surface area contributed by atoms with Crippen molar-refractivity contribution < 1.29 is 13.9 Å². The average molecular weight is 158 g/mol. The predicted octanol–water partition coefficient (Wildman–Crippen LogP) is 2.29. The number of hydrogen-bond donors (Lipinski definition) is 1. The smallest absolute Gasteiger partial charge is 0.162 e. The highest BCUT2D eigenvalue weighted by Gasteiger charge is 2.10. The van der Waals surface area contributed by atoms with Crippen molar-refractivity contribution in [2.45, 2.75) is 13.8 Å². The van der Waals surface area contributed by atoms with Crippen molar-refractivity contribution in [2.75, 3.05) is 0 Å². The van der Waals surface area contributed by atoms with Crippen LogP contribution >= 0.6 is 0 Å². The summed E-state index contributed by atoms with van der Waals surface area (Å²) >= 11 is 0. The first-order chi connectivity index (χ1) is 5.04. The Hall–Kier alpha value is -1.12. The van der Waals surface area contributed by atoms with E-state index in [1.165, 1.54) is 13.8 Å². The Kier molecular flexibility index (Phi) is 1.81. The molecule has 11 heavy (non-hydrogen) atoms. The molecule has 1 aromatic carbocycles. The summed E-state index contributed by atoms with van der Waals surface area (Å²) in [5, 5.41) is 9.00. The molecule has 0 atom stereocenters. The van der Waals surface area contributed by atoms with Gasteiger partial charge in [-0.05, 0) is 25.0 Å². The van der Waals surface area contributed by atoms with Crippen LogP contribution < -0.4 is 0 Å². The summed E-state index contributed by atoms with van der Waals surface area (Å²) in [5.74, 6) is -2.10. The van der Waals surface area contributed by atoms with Gasteiger partial charge >= 0.3 is 0 Å².